The molecule has 116 valence electrons. The summed E-state index contributed by atoms with van der Waals surface area (Å²) >= 11 is 0. The van der Waals surface area contributed by atoms with Gasteiger partial charge in [-0.1, -0.05) is 6.07 Å². The number of aromatic nitrogens is 4. The molecule has 1 saturated heterocycles. The van der Waals surface area contributed by atoms with Crippen molar-refractivity contribution in [2.24, 2.45) is 0 Å². The van der Waals surface area contributed by atoms with E-state index in [9.17, 15) is 0 Å². The van der Waals surface area contributed by atoms with E-state index in [1.807, 2.05) is 18.6 Å². The molecule has 1 atom stereocenters. The van der Waals surface area contributed by atoms with Crippen molar-refractivity contribution in [3.8, 4) is 0 Å². The molecule has 5 nitrogen and oxygen atoms in total. The van der Waals surface area contributed by atoms with Crippen LogP contribution in [0.2, 0.25) is 0 Å². The van der Waals surface area contributed by atoms with Crippen LogP contribution >= 0.6 is 0 Å². The number of hydrogen-bond acceptors (Lipinski definition) is 4. The second-order valence-electron chi connectivity index (χ2n) is 6.67. The van der Waals surface area contributed by atoms with Gasteiger partial charge in [-0.05, 0) is 50.8 Å². The molecule has 1 aliphatic heterocycles. The fourth-order valence-electron chi connectivity index (χ4n) is 3.48. The van der Waals surface area contributed by atoms with Gasteiger partial charge in [0, 0.05) is 31.2 Å². The van der Waals surface area contributed by atoms with Crippen molar-refractivity contribution in [2.75, 3.05) is 13.1 Å². The van der Waals surface area contributed by atoms with E-state index >= 15 is 0 Å². The van der Waals surface area contributed by atoms with E-state index in [1.54, 1.807) is 0 Å². The highest BCUT2D eigenvalue weighted by Gasteiger charge is 2.31. The highest BCUT2D eigenvalue weighted by molar-refractivity contribution is 5.17. The van der Waals surface area contributed by atoms with Crippen LogP contribution in [0.4, 0.5) is 0 Å². The van der Waals surface area contributed by atoms with Crippen molar-refractivity contribution >= 4 is 0 Å². The van der Waals surface area contributed by atoms with Gasteiger partial charge in [0.05, 0.1) is 5.69 Å². The Bertz CT molecular complexity index is 646. The summed E-state index contributed by atoms with van der Waals surface area (Å²) in [4.78, 5) is 7.06. The van der Waals surface area contributed by atoms with Crippen LogP contribution in [0, 0.1) is 6.92 Å². The SMILES string of the molecule is Cc1cccnc1CN1CCC[C@@H](c2nncn2C2CC2)C1. The lowest BCUT2D eigenvalue weighted by atomic mass is 9.96. The van der Waals surface area contributed by atoms with E-state index in [4.69, 9.17) is 0 Å². The summed E-state index contributed by atoms with van der Waals surface area (Å²) in [6.45, 7) is 5.32. The Labute approximate surface area is 131 Å². The van der Waals surface area contributed by atoms with Gasteiger partial charge in [-0.2, -0.15) is 0 Å². The van der Waals surface area contributed by atoms with Crippen LogP contribution in [0.3, 0.4) is 0 Å². The molecular weight excluding hydrogens is 274 g/mol. The summed E-state index contributed by atoms with van der Waals surface area (Å²) in [5.74, 6) is 1.71. The number of piperidine rings is 1. The molecule has 1 saturated carbocycles. The summed E-state index contributed by atoms with van der Waals surface area (Å²) in [5, 5.41) is 8.59. The minimum absolute atomic E-state index is 0.515. The van der Waals surface area contributed by atoms with E-state index in [1.165, 1.54) is 42.8 Å². The molecule has 0 unspecified atom stereocenters. The first-order chi connectivity index (χ1) is 10.8. The quantitative estimate of drug-likeness (QED) is 0.870. The second-order valence-corrected chi connectivity index (χ2v) is 6.67. The van der Waals surface area contributed by atoms with Gasteiger partial charge in [-0.25, -0.2) is 0 Å². The summed E-state index contributed by atoms with van der Waals surface area (Å²) in [6.07, 6.45) is 8.85. The number of rotatable bonds is 4. The molecule has 0 amide bonds. The molecule has 0 aromatic carbocycles. The molecule has 1 aliphatic carbocycles. The maximum Gasteiger partial charge on any atom is 0.137 e. The standard InChI is InChI=1S/C17H23N5/c1-13-4-2-8-18-16(13)11-21-9-3-5-14(10-21)17-20-19-12-22(17)15-6-7-15/h2,4,8,12,14-15H,3,5-7,9-11H2,1H3/t14-/m1/s1. The summed E-state index contributed by atoms with van der Waals surface area (Å²) < 4.78 is 2.32. The molecule has 4 rings (SSSR count). The third kappa shape index (κ3) is 2.77. The highest BCUT2D eigenvalue weighted by atomic mass is 15.3. The third-order valence-corrected chi connectivity index (χ3v) is 4.90. The van der Waals surface area contributed by atoms with Crippen molar-refractivity contribution in [1.82, 2.24) is 24.6 Å². The lowest BCUT2D eigenvalue weighted by Crippen LogP contribution is -2.35. The zero-order chi connectivity index (χ0) is 14.9. The molecule has 0 bridgehead atoms. The van der Waals surface area contributed by atoms with Crippen LogP contribution in [0.15, 0.2) is 24.7 Å². The zero-order valence-electron chi connectivity index (χ0n) is 13.1. The lowest BCUT2D eigenvalue weighted by Gasteiger charge is -2.32. The van der Waals surface area contributed by atoms with Gasteiger partial charge >= 0.3 is 0 Å². The Morgan fingerprint density at radius 1 is 1.27 bits per heavy atom. The Hall–Kier alpha value is -1.75. The lowest BCUT2D eigenvalue weighted by molar-refractivity contribution is 0.192. The first-order valence-electron chi connectivity index (χ1n) is 8.33. The van der Waals surface area contributed by atoms with Gasteiger partial charge < -0.3 is 4.57 Å². The smallest absolute Gasteiger partial charge is 0.137 e. The van der Waals surface area contributed by atoms with E-state index in [-0.39, 0.29) is 0 Å². The molecule has 22 heavy (non-hydrogen) atoms. The molecule has 0 radical (unpaired) electrons. The van der Waals surface area contributed by atoms with E-state index in [2.05, 4.69) is 37.6 Å². The first-order valence-corrected chi connectivity index (χ1v) is 8.33. The van der Waals surface area contributed by atoms with Crippen molar-refractivity contribution in [2.45, 2.75) is 51.1 Å². The predicted molar refractivity (Wildman–Crippen MR) is 84.5 cm³/mol. The normalized spacial score (nSPS) is 22.9. The maximum absolute atomic E-state index is 4.54. The van der Waals surface area contributed by atoms with Crippen LogP contribution in [0.1, 0.15) is 54.7 Å². The molecule has 2 fully saturated rings. The fourth-order valence-corrected chi connectivity index (χ4v) is 3.48. The highest BCUT2D eigenvalue weighted by Crippen LogP contribution is 2.38. The average Bonchev–Trinajstić information content (AvgIpc) is 3.27. The number of hydrogen-bond donors (Lipinski definition) is 0. The maximum atomic E-state index is 4.54. The number of pyridine rings is 1. The molecule has 0 spiro atoms. The number of likely N-dealkylation sites (tertiary alicyclic amines) is 1. The van der Waals surface area contributed by atoms with E-state index in [0.717, 1.165) is 19.6 Å². The Morgan fingerprint density at radius 3 is 3.00 bits per heavy atom. The van der Waals surface area contributed by atoms with Crippen molar-refractivity contribution in [3.05, 3.63) is 41.7 Å². The van der Waals surface area contributed by atoms with Gasteiger partial charge in [0.2, 0.25) is 0 Å². The topological polar surface area (TPSA) is 46.8 Å². The summed E-state index contributed by atoms with van der Waals surface area (Å²) in [6, 6.07) is 4.82. The van der Waals surface area contributed by atoms with Crippen LogP contribution < -0.4 is 0 Å². The first kappa shape index (κ1) is 13.9. The largest absolute Gasteiger partial charge is 0.314 e. The predicted octanol–water partition coefficient (Wildman–Crippen LogP) is 2.70. The number of nitrogens with zero attached hydrogens (tertiary/aromatic N) is 5. The third-order valence-electron chi connectivity index (χ3n) is 4.90. The van der Waals surface area contributed by atoms with Crippen molar-refractivity contribution in [1.29, 1.82) is 0 Å². The van der Waals surface area contributed by atoms with E-state index < -0.39 is 0 Å². The van der Waals surface area contributed by atoms with Gasteiger partial charge in [-0.15, -0.1) is 10.2 Å². The fraction of sp³-hybridized carbons (Fsp3) is 0.588. The van der Waals surface area contributed by atoms with Gasteiger partial charge in [0.1, 0.15) is 12.2 Å². The molecule has 2 aromatic heterocycles. The van der Waals surface area contributed by atoms with E-state index in [0.29, 0.717) is 12.0 Å². The Morgan fingerprint density at radius 2 is 2.18 bits per heavy atom. The number of aryl methyl sites for hydroxylation is 1. The minimum Gasteiger partial charge on any atom is -0.314 e. The zero-order valence-corrected chi connectivity index (χ0v) is 13.1. The summed E-state index contributed by atoms with van der Waals surface area (Å²) in [7, 11) is 0. The molecule has 3 heterocycles. The minimum atomic E-state index is 0.515. The van der Waals surface area contributed by atoms with Gasteiger partial charge in [0.15, 0.2) is 0 Å². The molecule has 2 aromatic rings. The second kappa shape index (κ2) is 5.80. The van der Waals surface area contributed by atoms with Gasteiger partial charge in [-0.3, -0.25) is 9.88 Å². The Balaban J connectivity index is 1.47. The van der Waals surface area contributed by atoms with Crippen LogP contribution in [-0.4, -0.2) is 37.7 Å². The van der Waals surface area contributed by atoms with Gasteiger partial charge in [0.25, 0.3) is 0 Å². The van der Waals surface area contributed by atoms with Crippen LogP contribution in [0.5, 0.6) is 0 Å². The van der Waals surface area contributed by atoms with Crippen LogP contribution in [-0.2, 0) is 6.54 Å². The summed E-state index contributed by atoms with van der Waals surface area (Å²) in [5.41, 5.74) is 2.48. The molecule has 5 heteroatoms. The van der Waals surface area contributed by atoms with Crippen LogP contribution in [0.25, 0.3) is 0 Å². The molecule has 0 N–H and O–H groups in total. The van der Waals surface area contributed by atoms with Crippen molar-refractivity contribution in [3.63, 3.8) is 0 Å². The monoisotopic (exact) mass is 297 g/mol. The molecular formula is C17H23N5. The molecule has 2 aliphatic rings. The van der Waals surface area contributed by atoms with Crippen molar-refractivity contribution < 1.29 is 0 Å². The Kier molecular flexibility index (Phi) is 3.66. The average molecular weight is 297 g/mol.